The number of ether oxygens (including phenoxy) is 2. The first-order valence-corrected chi connectivity index (χ1v) is 11.8. The molecule has 3 aromatic carbocycles. The minimum absolute atomic E-state index is 0.131. The molecule has 1 unspecified atom stereocenters. The molecule has 1 aliphatic rings. The summed E-state index contributed by atoms with van der Waals surface area (Å²) in [5, 5.41) is 21.5. The number of phenolic OH excluding ortho intramolecular Hbond substituents is 1. The summed E-state index contributed by atoms with van der Waals surface area (Å²) >= 11 is 5.99. The van der Waals surface area contributed by atoms with Crippen molar-refractivity contribution in [3.05, 3.63) is 87.2 Å². The van der Waals surface area contributed by atoms with Gasteiger partial charge in [-0.3, -0.25) is 14.5 Å². The first-order chi connectivity index (χ1) is 17.6. The number of carbonyl (C=O) groups is 2. The summed E-state index contributed by atoms with van der Waals surface area (Å²) in [7, 11) is 1.53. The zero-order chi connectivity index (χ0) is 27.0. The zero-order valence-corrected chi connectivity index (χ0v) is 21.4. The summed E-state index contributed by atoms with van der Waals surface area (Å²) in [6.07, 6.45) is 0. The van der Waals surface area contributed by atoms with Gasteiger partial charge in [0.05, 0.1) is 30.4 Å². The Balaban J connectivity index is 2.00. The fraction of sp³-hybridized carbons (Fsp3) is 0.214. The Bertz CT molecular complexity index is 1450. The Morgan fingerprint density at radius 2 is 1.78 bits per heavy atom. The number of benzene rings is 3. The fourth-order valence-corrected chi connectivity index (χ4v) is 4.61. The van der Waals surface area contributed by atoms with Crippen LogP contribution >= 0.6 is 11.6 Å². The second kappa shape index (κ2) is 10.1. The molecule has 1 fully saturated rings. The highest BCUT2D eigenvalue weighted by Crippen LogP contribution is 2.45. The smallest absolute Gasteiger partial charge is 0.300 e. The maximum absolute atomic E-state index is 13.9. The number of nitrogens with zero attached hydrogens (tertiary/aromatic N) is 1. The average molecular weight is 526 g/mol. The molecule has 1 heterocycles. The van der Waals surface area contributed by atoms with Gasteiger partial charge in [0.1, 0.15) is 17.3 Å². The first-order valence-electron chi connectivity index (χ1n) is 11.5. The SMILES string of the molecule is CCOc1cc(C2/C(=C(\O)c3cc(C)c(OC)cc3C)C(=O)C(=O)N2c2ccc(F)c(Cl)c2)ccc1O. The van der Waals surface area contributed by atoms with E-state index in [0.717, 1.165) is 11.0 Å². The van der Waals surface area contributed by atoms with Crippen molar-refractivity contribution in [2.45, 2.75) is 26.8 Å². The van der Waals surface area contributed by atoms with Gasteiger partial charge in [-0.2, -0.15) is 0 Å². The van der Waals surface area contributed by atoms with Crippen LogP contribution in [0.25, 0.3) is 5.76 Å². The minimum atomic E-state index is -1.12. The van der Waals surface area contributed by atoms with Gasteiger partial charge in [0.25, 0.3) is 11.7 Å². The molecular weight excluding hydrogens is 501 g/mol. The van der Waals surface area contributed by atoms with Gasteiger partial charge in [0, 0.05) is 11.3 Å². The van der Waals surface area contributed by atoms with Crippen LogP contribution in [0.1, 0.15) is 35.2 Å². The average Bonchev–Trinajstić information content (AvgIpc) is 3.13. The quantitative estimate of drug-likeness (QED) is 0.238. The summed E-state index contributed by atoms with van der Waals surface area (Å²) < 4.78 is 24.8. The Morgan fingerprint density at radius 1 is 1.05 bits per heavy atom. The molecule has 7 nitrogen and oxygen atoms in total. The number of ketones is 1. The van der Waals surface area contributed by atoms with E-state index >= 15 is 0 Å². The molecule has 192 valence electrons. The second-order valence-electron chi connectivity index (χ2n) is 8.56. The number of aryl methyl sites for hydroxylation is 2. The van der Waals surface area contributed by atoms with Crippen LogP contribution < -0.4 is 14.4 Å². The van der Waals surface area contributed by atoms with Crippen LogP contribution in [0, 0.1) is 19.7 Å². The summed E-state index contributed by atoms with van der Waals surface area (Å²) in [5.74, 6) is -2.32. The molecule has 1 saturated heterocycles. The number of Topliss-reactive ketones (excluding diaryl/α,β-unsaturated/α-hetero) is 1. The monoisotopic (exact) mass is 525 g/mol. The van der Waals surface area contributed by atoms with Crippen molar-refractivity contribution < 1.29 is 33.7 Å². The predicted octanol–water partition coefficient (Wildman–Crippen LogP) is 5.84. The number of amides is 1. The highest BCUT2D eigenvalue weighted by Gasteiger charge is 2.47. The number of anilines is 1. The van der Waals surface area contributed by atoms with Crippen molar-refractivity contribution in [1.29, 1.82) is 0 Å². The Hall–Kier alpha value is -4.04. The van der Waals surface area contributed by atoms with Crippen molar-refractivity contribution in [1.82, 2.24) is 0 Å². The third-order valence-electron chi connectivity index (χ3n) is 6.22. The zero-order valence-electron chi connectivity index (χ0n) is 20.6. The van der Waals surface area contributed by atoms with Crippen LogP contribution in [0.15, 0.2) is 54.1 Å². The number of hydrogen-bond acceptors (Lipinski definition) is 6. The molecule has 0 radical (unpaired) electrons. The van der Waals surface area contributed by atoms with Gasteiger partial charge in [-0.25, -0.2) is 4.39 Å². The lowest BCUT2D eigenvalue weighted by Crippen LogP contribution is -2.29. The van der Waals surface area contributed by atoms with Crippen molar-refractivity contribution >= 4 is 34.7 Å². The van der Waals surface area contributed by atoms with Crippen LogP contribution in [0.5, 0.6) is 17.2 Å². The molecule has 0 aromatic heterocycles. The number of hydrogen-bond donors (Lipinski definition) is 2. The first kappa shape index (κ1) is 26.0. The van der Waals surface area contributed by atoms with Crippen LogP contribution in [0.2, 0.25) is 5.02 Å². The third kappa shape index (κ3) is 4.60. The molecule has 1 atom stereocenters. The fourth-order valence-electron chi connectivity index (χ4n) is 4.43. The number of phenols is 1. The summed E-state index contributed by atoms with van der Waals surface area (Å²) in [5.41, 5.74) is 2.05. The third-order valence-corrected chi connectivity index (χ3v) is 6.51. The molecule has 1 amide bonds. The van der Waals surface area contributed by atoms with Crippen molar-refractivity contribution in [2.75, 3.05) is 18.6 Å². The van der Waals surface area contributed by atoms with Gasteiger partial charge in [0.2, 0.25) is 0 Å². The molecular formula is C28H25ClFNO6. The predicted molar refractivity (Wildman–Crippen MR) is 138 cm³/mol. The van der Waals surface area contributed by atoms with E-state index in [4.69, 9.17) is 21.1 Å². The number of methoxy groups -OCH3 is 1. The highest BCUT2D eigenvalue weighted by molar-refractivity contribution is 6.51. The number of halogens is 2. The van der Waals surface area contributed by atoms with E-state index < -0.39 is 23.5 Å². The summed E-state index contributed by atoms with van der Waals surface area (Å²) in [6.45, 7) is 5.54. The lowest BCUT2D eigenvalue weighted by Gasteiger charge is -2.26. The van der Waals surface area contributed by atoms with E-state index in [1.54, 1.807) is 32.9 Å². The van der Waals surface area contributed by atoms with E-state index in [0.29, 0.717) is 28.0 Å². The molecule has 37 heavy (non-hydrogen) atoms. The van der Waals surface area contributed by atoms with E-state index in [2.05, 4.69) is 0 Å². The van der Waals surface area contributed by atoms with Gasteiger partial charge in [-0.05, 0) is 79.9 Å². The molecule has 0 spiro atoms. The van der Waals surface area contributed by atoms with E-state index in [1.807, 2.05) is 0 Å². The second-order valence-corrected chi connectivity index (χ2v) is 8.97. The number of aliphatic hydroxyl groups is 1. The lowest BCUT2D eigenvalue weighted by molar-refractivity contribution is -0.132. The normalized spacial score (nSPS) is 16.8. The van der Waals surface area contributed by atoms with Gasteiger partial charge in [-0.1, -0.05) is 17.7 Å². The highest BCUT2D eigenvalue weighted by atomic mass is 35.5. The lowest BCUT2D eigenvalue weighted by atomic mass is 9.92. The molecule has 3 aromatic rings. The van der Waals surface area contributed by atoms with Crippen LogP contribution in [-0.2, 0) is 9.59 Å². The van der Waals surface area contributed by atoms with Gasteiger partial charge >= 0.3 is 0 Å². The van der Waals surface area contributed by atoms with Crippen molar-refractivity contribution in [3.63, 3.8) is 0 Å². The van der Waals surface area contributed by atoms with E-state index in [1.165, 1.54) is 37.4 Å². The molecule has 1 aliphatic heterocycles. The standard InChI is InChI=1S/C28H25ClFNO6/c1-5-37-23-12-16(6-9-21(23)32)25-24(26(33)18-10-15(3)22(36-4)11-14(18)2)27(34)28(35)31(25)17-7-8-20(30)19(29)13-17/h6-13,25,32-33H,5H2,1-4H3/b26-24+. The number of aromatic hydroxyl groups is 1. The molecule has 4 rings (SSSR count). The maximum atomic E-state index is 13.9. The topological polar surface area (TPSA) is 96.3 Å². The molecule has 0 saturated carbocycles. The molecule has 0 aliphatic carbocycles. The Morgan fingerprint density at radius 3 is 2.43 bits per heavy atom. The Kier molecular flexibility index (Phi) is 7.14. The van der Waals surface area contributed by atoms with Crippen LogP contribution in [0.4, 0.5) is 10.1 Å². The van der Waals surface area contributed by atoms with Crippen molar-refractivity contribution in [2.24, 2.45) is 0 Å². The van der Waals surface area contributed by atoms with Gasteiger partial charge < -0.3 is 19.7 Å². The van der Waals surface area contributed by atoms with Crippen molar-refractivity contribution in [3.8, 4) is 17.2 Å². The largest absolute Gasteiger partial charge is 0.507 e. The minimum Gasteiger partial charge on any atom is -0.507 e. The summed E-state index contributed by atoms with van der Waals surface area (Å²) in [6, 6.07) is 10.3. The van der Waals surface area contributed by atoms with Gasteiger partial charge in [0.15, 0.2) is 11.5 Å². The van der Waals surface area contributed by atoms with Crippen LogP contribution in [0.3, 0.4) is 0 Å². The van der Waals surface area contributed by atoms with E-state index in [9.17, 15) is 24.2 Å². The number of rotatable bonds is 6. The van der Waals surface area contributed by atoms with Crippen LogP contribution in [-0.4, -0.2) is 35.6 Å². The number of carbonyl (C=O) groups excluding carboxylic acids is 2. The molecule has 0 bridgehead atoms. The molecule has 9 heteroatoms. The van der Waals surface area contributed by atoms with Gasteiger partial charge in [-0.15, -0.1) is 0 Å². The number of aliphatic hydroxyl groups excluding tert-OH is 1. The summed E-state index contributed by atoms with van der Waals surface area (Å²) in [4.78, 5) is 27.9. The maximum Gasteiger partial charge on any atom is 0.300 e. The Labute approximate surface area is 218 Å². The molecule has 2 N–H and O–H groups in total. The van der Waals surface area contributed by atoms with E-state index in [-0.39, 0.29) is 40.1 Å².